The van der Waals surface area contributed by atoms with Gasteiger partial charge in [-0.25, -0.2) is 0 Å². The molecule has 0 aromatic carbocycles. The van der Waals surface area contributed by atoms with Crippen molar-refractivity contribution in [1.29, 1.82) is 0 Å². The Kier molecular flexibility index (Phi) is 4.99. The first-order valence-corrected chi connectivity index (χ1v) is 5.88. The fourth-order valence-electron chi connectivity index (χ4n) is 1.81. The van der Waals surface area contributed by atoms with Crippen molar-refractivity contribution < 1.29 is 4.74 Å². The Hall–Kier alpha value is -0.160. The van der Waals surface area contributed by atoms with Crippen molar-refractivity contribution in [2.24, 2.45) is 5.73 Å². The largest absolute Gasteiger partial charge is 0.379 e. The van der Waals surface area contributed by atoms with Gasteiger partial charge in [-0.2, -0.15) is 0 Å². The average molecular weight is 215 g/mol. The van der Waals surface area contributed by atoms with E-state index in [1.54, 1.807) is 0 Å². The van der Waals surface area contributed by atoms with Crippen LogP contribution in [0.5, 0.6) is 0 Å². The molecule has 1 fully saturated rings. The summed E-state index contributed by atoms with van der Waals surface area (Å²) in [6.07, 6.45) is 1.09. The second kappa shape index (κ2) is 5.80. The normalized spacial score (nSPS) is 21.6. The summed E-state index contributed by atoms with van der Waals surface area (Å²) in [7, 11) is 0. The predicted octanol–water partition coefficient (Wildman–Crippen LogP) is 0.382. The third-order valence-electron chi connectivity index (χ3n) is 3.10. The van der Waals surface area contributed by atoms with Crippen LogP contribution in [0.1, 0.15) is 27.2 Å². The second-order valence-corrected chi connectivity index (χ2v) is 4.81. The molecule has 1 saturated heterocycles. The van der Waals surface area contributed by atoms with Crippen LogP contribution in [-0.2, 0) is 4.74 Å². The first kappa shape index (κ1) is 12.9. The summed E-state index contributed by atoms with van der Waals surface area (Å²) in [4.78, 5) is 2.46. The number of nitrogens with one attached hydrogen (secondary N) is 1. The molecule has 0 saturated carbocycles. The predicted molar refractivity (Wildman–Crippen MR) is 62.7 cm³/mol. The molecular formula is C11H25N3O. The Morgan fingerprint density at radius 1 is 1.40 bits per heavy atom. The van der Waals surface area contributed by atoms with Crippen LogP contribution >= 0.6 is 0 Å². The lowest BCUT2D eigenvalue weighted by Gasteiger charge is -2.41. The number of ether oxygens (including phenoxy) is 1. The van der Waals surface area contributed by atoms with E-state index in [2.05, 4.69) is 31.0 Å². The van der Waals surface area contributed by atoms with Crippen LogP contribution in [0.4, 0.5) is 0 Å². The number of hydrogen-bond acceptors (Lipinski definition) is 4. The maximum Gasteiger partial charge on any atom is 0.0594 e. The third-order valence-corrected chi connectivity index (χ3v) is 3.10. The highest BCUT2D eigenvalue weighted by molar-refractivity contribution is 4.85. The molecule has 1 atom stereocenters. The van der Waals surface area contributed by atoms with Gasteiger partial charge in [0.25, 0.3) is 0 Å². The van der Waals surface area contributed by atoms with Crippen molar-refractivity contribution in [3.05, 3.63) is 0 Å². The number of nitrogens with two attached hydrogens (primary N) is 1. The standard InChI is InChI=1S/C11H25N3O/c1-4-10(12)13-9-11(2,3)14-5-7-15-8-6-14/h10,13H,4-9,12H2,1-3H3. The van der Waals surface area contributed by atoms with Crippen LogP contribution in [0, 0.1) is 0 Å². The second-order valence-electron chi connectivity index (χ2n) is 4.81. The van der Waals surface area contributed by atoms with E-state index in [9.17, 15) is 0 Å². The number of hydrogen-bond donors (Lipinski definition) is 2. The van der Waals surface area contributed by atoms with Gasteiger partial charge in [-0.3, -0.25) is 4.90 Å². The van der Waals surface area contributed by atoms with Crippen molar-refractivity contribution in [2.75, 3.05) is 32.8 Å². The fourth-order valence-corrected chi connectivity index (χ4v) is 1.81. The minimum Gasteiger partial charge on any atom is -0.379 e. The third kappa shape index (κ3) is 4.07. The molecule has 0 spiro atoms. The van der Waals surface area contributed by atoms with Gasteiger partial charge in [0.15, 0.2) is 0 Å². The number of nitrogens with zero attached hydrogens (tertiary/aromatic N) is 1. The van der Waals surface area contributed by atoms with Gasteiger partial charge >= 0.3 is 0 Å². The number of morpholine rings is 1. The smallest absolute Gasteiger partial charge is 0.0594 e. The van der Waals surface area contributed by atoms with Crippen molar-refractivity contribution in [1.82, 2.24) is 10.2 Å². The van der Waals surface area contributed by atoms with Crippen LogP contribution in [0.3, 0.4) is 0 Å². The van der Waals surface area contributed by atoms with E-state index in [-0.39, 0.29) is 11.7 Å². The monoisotopic (exact) mass is 215 g/mol. The molecule has 1 rings (SSSR count). The maximum atomic E-state index is 5.86. The molecule has 15 heavy (non-hydrogen) atoms. The lowest BCUT2D eigenvalue weighted by atomic mass is 10.0. The summed E-state index contributed by atoms with van der Waals surface area (Å²) in [6.45, 7) is 11.3. The zero-order valence-electron chi connectivity index (χ0n) is 10.3. The molecule has 1 unspecified atom stereocenters. The van der Waals surface area contributed by atoms with E-state index >= 15 is 0 Å². The highest BCUT2D eigenvalue weighted by atomic mass is 16.5. The maximum absolute atomic E-state index is 5.86. The molecule has 0 aromatic rings. The Morgan fingerprint density at radius 2 is 2.00 bits per heavy atom. The van der Waals surface area contributed by atoms with E-state index in [1.807, 2.05) is 0 Å². The van der Waals surface area contributed by atoms with Gasteiger partial charge in [0.05, 0.1) is 19.4 Å². The lowest BCUT2D eigenvalue weighted by molar-refractivity contribution is -0.0103. The zero-order valence-corrected chi connectivity index (χ0v) is 10.3. The van der Waals surface area contributed by atoms with Crippen LogP contribution < -0.4 is 11.1 Å². The minimum atomic E-state index is 0.116. The summed E-state index contributed by atoms with van der Waals surface area (Å²) in [5.74, 6) is 0. The van der Waals surface area contributed by atoms with Crippen LogP contribution in [0.25, 0.3) is 0 Å². The zero-order chi connectivity index (χ0) is 11.3. The molecule has 3 N–H and O–H groups in total. The summed E-state index contributed by atoms with van der Waals surface area (Å²) >= 11 is 0. The highest BCUT2D eigenvalue weighted by Crippen LogP contribution is 2.15. The Labute approximate surface area is 93.1 Å². The van der Waals surface area contributed by atoms with Gasteiger partial charge in [0.2, 0.25) is 0 Å². The van der Waals surface area contributed by atoms with Gasteiger partial charge < -0.3 is 15.8 Å². The van der Waals surface area contributed by atoms with E-state index in [4.69, 9.17) is 10.5 Å². The van der Waals surface area contributed by atoms with Crippen LogP contribution in [-0.4, -0.2) is 49.5 Å². The fraction of sp³-hybridized carbons (Fsp3) is 1.00. The Balaban J connectivity index is 2.35. The van der Waals surface area contributed by atoms with E-state index in [0.717, 1.165) is 39.3 Å². The summed E-state index contributed by atoms with van der Waals surface area (Å²) < 4.78 is 5.35. The first-order chi connectivity index (χ1) is 7.06. The van der Waals surface area contributed by atoms with E-state index < -0.39 is 0 Å². The van der Waals surface area contributed by atoms with E-state index in [1.165, 1.54) is 0 Å². The van der Waals surface area contributed by atoms with E-state index in [0.29, 0.717) is 0 Å². The summed E-state index contributed by atoms with van der Waals surface area (Å²) in [5, 5.41) is 3.37. The molecule has 1 heterocycles. The summed E-state index contributed by atoms with van der Waals surface area (Å²) in [5.41, 5.74) is 6.02. The molecule has 90 valence electrons. The molecular weight excluding hydrogens is 190 g/mol. The molecule has 4 heteroatoms. The van der Waals surface area contributed by atoms with Crippen molar-refractivity contribution in [3.63, 3.8) is 0 Å². The number of rotatable bonds is 5. The summed E-state index contributed by atoms with van der Waals surface area (Å²) in [6, 6.07) is 0. The SMILES string of the molecule is CCC(N)NCC(C)(C)N1CCOCC1. The lowest BCUT2D eigenvalue weighted by Crippen LogP contribution is -2.56. The molecule has 0 radical (unpaired) electrons. The van der Waals surface area contributed by atoms with Gasteiger partial charge in [0, 0.05) is 25.2 Å². The quantitative estimate of drug-likeness (QED) is 0.651. The van der Waals surface area contributed by atoms with Gasteiger partial charge in [0.1, 0.15) is 0 Å². The molecule has 1 aliphatic heterocycles. The minimum absolute atomic E-state index is 0.116. The van der Waals surface area contributed by atoms with Crippen molar-refractivity contribution in [3.8, 4) is 0 Å². The molecule has 0 amide bonds. The molecule has 1 aliphatic rings. The van der Waals surface area contributed by atoms with Gasteiger partial charge in [-0.1, -0.05) is 6.92 Å². The topological polar surface area (TPSA) is 50.5 Å². The van der Waals surface area contributed by atoms with Crippen LogP contribution in [0.15, 0.2) is 0 Å². The molecule has 0 aliphatic carbocycles. The molecule has 4 nitrogen and oxygen atoms in total. The Morgan fingerprint density at radius 3 is 2.53 bits per heavy atom. The van der Waals surface area contributed by atoms with Gasteiger partial charge in [-0.15, -0.1) is 0 Å². The molecule has 0 bridgehead atoms. The van der Waals surface area contributed by atoms with Crippen molar-refractivity contribution >= 4 is 0 Å². The van der Waals surface area contributed by atoms with Gasteiger partial charge in [-0.05, 0) is 20.3 Å². The molecule has 0 aromatic heterocycles. The van der Waals surface area contributed by atoms with Crippen molar-refractivity contribution in [2.45, 2.75) is 38.9 Å². The first-order valence-electron chi connectivity index (χ1n) is 5.88. The van der Waals surface area contributed by atoms with Crippen LogP contribution in [0.2, 0.25) is 0 Å². The Bertz CT molecular complexity index is 179. The highest BCUT2D eigenvalue weighted by Gasteiger charge is 2.28. The average Bonchev–Trinajstić information content (AvgIpc) is 2.27.